The van der Waals surface area contributed by atoms with E-state index in [4.69, 9.17) is 16.3 Å². The molecule has 4 heterocycles. The minimum atomic E-state index is 0.0506. The lowest BCUT2D eigenvalue weighted by molar-refractivity contribution is -0.126. The summed E-state index contributed by atoms with van der Waals surface area (Å²) in [7, 11) is 0. The minimum absolute atomic E-state index is 0.0506. The zero-order valence-corrected chi connectivity index (χ0v) is 23.6. The van der Waals surface area contributed by atoms with Gasteiger partial charge in [-0.2, -0.15) is 0 Å². The highest BCUT2D eigenvalue weighted by atomic mass is 35.5. The Morgan fingerprint density at radius 2 is 2.08 bits per heavy atom. The third kappa shape index (κ3) is 6.38. The Kier molecular flexibility index (Phi) is 8.71. The van der Waals surface area contributed by atoms with E-state index in [1.165, 1.54) is 5.56 Å². The molecule has 0 saturated carbocycles. The smallest absolute Gasteiger partial charge is 0.246 e. The van der Waals surface area contributed by atoms with Gasteiger partial charge in [-0.05, 0) is 55.4 Å². The number of carbonyl (C=O) groups is 1. The van der Waals surface area contributed by atoms with Gasteiger partial charge in [0, 0.05) is 35.9 Å². The van der Waals surface area contributed by atoms with Crippen LogP contribution >= 0.6 is 22.9 Å². The van der Waals surface area contributed by atoms with Crippen molar-refractivity contribution in [2.75, 3.05) is 31.5 Å². The second kappa shape index (κ2) is 12.5. The molecule has 202 valence electrons. The van der Waals surface area contributed by atoms with Crippen molar-refractivity contribution in [3.63, 3.8) is 0 Å². The third-order valence-corrected chi connectivity index (χ3v) is 8.18. The molecule has 3 aromatic heterocycles. The van der Waals surface area contributed by atoms with Crippen LogP contribution in [-0.2, 0) is 24.4 Å². The van der Waals surface area contributed by atoms with Crippen molar-refractivity contribution in [1.82, 2.24) is 24.8 Å². The number of amides is 1. The van der Waals surface area contributed by atoms with Crippen LogP contribution in [0.15, 0.2) is 61.1 Å². The summed E-state index contributed by atoms with van der Waals surface area (Å²) in [6.07, 6.45) is 7.73. The number of likely N-dealkylation sites (N-methyl/N-ethyl adjacent to an activating group) is 1. The molecule has 0 saturated heterocycles. The van der Waals surface area contributed by atoms with Gasteiger partial charge >= 0.3 is 0 Å². The Morgan fingerprint density at radius 3 is 2.85 bits per heavy atom. The van der Waals surface area contributed by atoms with Crippen LogP contribution < -0.4 is 10.1 Å². The number of ether oxygens (including phenoxy) is 1. The van der Waals surface area contributed by atoms with Crippen LogP contribution in [0.5, 0.6) is 5.75 Å². The summed E-state index contributed by atoms with van der Waals surface area (Å²) in [6.45, 7) is 8.56. The first kappa shape index (κ1) is 27.1. The lowest BCUT2D eigenvalue weighted by atomic mass is 10.0. The first-order valence-corrected chi connectivity index (χ1v) is 14.3. The van der Waals surface area contributed by atoms with Gasteiger partial charge in [0.1, 0.15) is 29.3 Å². The van der Waals surface area contributed by atoms with Crippen molar-refractivity contribution >= 4 is 50.6 Å². The fourth-order valence-corrected chi connectivity index (χ4v) is 6.01. The average Bonchev–Trinajstić information content (AvgIpc) is 3.34. The molecule has 39 heavy (non-hydrogen) atoms. The number of nitrogens with one attached hydrogen (secondary N) is 1. The molecule has 0 fully saturated rings. The van der Waals surface area contributed by atoms with Crippen molar-refractivity contribution in [2.24, 2.45) is 0 Å². The monoisotopic (exact) mass is 562 g/mol. The highest BCUT2D eigenvalue weighted by Gasteiger charge is 2.25. The van der Waals surface area contributed by atoms with Crippen LogP contribution in [0.1, 0.15) is 30.0 Å². The van der Waals surface area contributed by atoms with Gasteiger partial charge < -0.3 is 19.9 Å². The number of thiophene rings is 1. The molecule has 0 atom stereocenters. The highest BCUT2D eigenvalue weighted by molar-refractivity contribution is 7.19. The van der Waals surface area contributed by atoms with E-state index in [0.717, 1.165) is 58.3 Å². The number of benzene rings is 1. The topological polar surface area (TPSA) is 83.5 Å². The molecule has 0 radical (unpaired) electrons. The van der Waals surface area contributed by atoms with Crippen molar-refractivity contribution < 1.29 is 9.53 Å². The summed E-state index contributed by atoms with van der Waals surface area (Å²) < 4.78 is 5.85. The van der Waals surface area contributed by atoms with E-state index in [1.54, 1.807) is 29.9 Å². The molecular weight excluding hydrogens is 532 g/mol. The van der Waals surface area contributed by atoms with E-state index < -0.39 is 0 Å². The van der Waals surface area contributed by atoms with Crippen LogP contribution in [0.4, 0.5) is 11.5 Å². The number of nitrogens with zero attached hydrogens (tertiary/aromatic N) is 5. The molecule has 4 aromatic rings. The highest BCUT2D eigenvalue weighted by Crippen LogP contribution is 2.38. The molecule has 0 unspecified atom stereocenters. The Bertz CT molecular complexity index is 1470. The van der Waals surface area contributed by atoms with Crippen molar-refractivity contribution in [1.29, 1.82) is 0 Å². The Morgan fingerprint density at radius 1 is 1.21 bits per heavy atom. The zero-order valence-electron chi connectivity index (χ0n) is 22.1. The molecule has 1 aliphatic heterocycles. The average molecular weight is 563 g/mol. The SMILES string of the molecule is CCN(CC)CC=CC(=O)N1CCc2c(sc3ncnc(Nc4ccc(OCc5ccccn5)c(Cl)c4)c23)C1. The fourth-order valence-electron chi connectivity index (χ4n) is 4.57. The first-order valence-electron chi connectivity index (χ1n) is 13.1. The Hall–Kier alpha value is -3.53. The minimum Gasteiger partial charge on any atom is -0.486 e. The second-order valence-corrected chi connectivity index (χ2v) is 10.7. The standard InChI is InChI=1S/C29H31ClN6O2S/c1-3-35(4-2)14-7-9-26(37)36-15-12-22-25(17-36)39-29-27(22)28(32-19-33-29)34-20-10-11-24(23(30)16-20)38-18-21-8-5-6-13-31-21/h5-11,13,16,19H,3-4,12,14-15,17-18H2,1-2H3,(H,32,33,34). The number of carbonyl (C=O) groups excluding carboxylic acids is 1. The molecule has 1 amide bonds. The summed E-state index contributed by atoms with van der Waals surface area (Å²) in [5, 5.41) is 4.92. The van der Waals surface area contributed by atoms with Crippen LogP contribution in [-0.4, -0.2) is 56.8 Å². The first-order chi connectivity index (χ1) is 19.1. The summed E-state index contributed by atoms with van der Waals surface area (Å²) in [5.41, 5.74) is 2.84. The molecule has 0 spiro atoms. The number of pyridine rings is 1. The van der Waals surface area contributed by atoms with Gasteiger partial charge in [0.25, 0.3) is 0 Å². The maximum Gasteiger partial charge on any atom is 0.246 e. The summed E-state index contributed by atoms with van der Waals surface area (Å²) in [4.78, 5) is 32.4. The summed E-state index contributed by atoms with van der Waals surface area (Å²) >= 11 is 8.15. The molecule has 0 aliphatic carbocycles. The number of hydrogen-bond donors (Lipinski definition) is 1. The lowest BCUT2D eigenvalue weighted by Gasteiger charge is -2.26. The number of halogens is 1. The van der Waals surface area contributed by atoms with Gasteiger partial charge in [0.05, 0.1) is 22.6 Å². The Balaban J connectivity index is 1.29. The van der Waals surface area contributed by atoms with E-state index in [2.05, 4.69) is 39.0 Å². The van der Waals surface area contributed by atoms with Gasteiger partial charge in [-0.1, -0.05) is 37.6 Å². The lowest BCUT2D eigenvalue weighted by Crippen LogP contribution is -2.34. The van der Waals surface area contributed by atoms with Gasteiger partial charge in [0.15, 0.2) is 0 Å². The van der Waals surface area contributed by atoms with E-state index in [-0.39, 0.29) is 5.91 Å². The molecular formula is C29H31ClN6O2S. The molecule has 1 aliphatic rings. The van der Waals surface area contributed by atoms with Gasteiger partial charge in [0.2, 0.25) is 5.91 Å². The largest absolute Gasteiger partial charge is 0.486 e. The van der Waals surface area contributed by atoms with Crippen LogP contribution in [0, 0.1) is 0 Å². The van der Waals surface area contributed by atoms with Gasteiger partial charge in [-0.3, -0.25) is 9.78 Å². The fraction of sp³-hybridized carbons (Fsp3) is 0.310. The molecule has 1 N–H and O–H groups in total. The quantitative estimate of drug-likeness (QED) is 0.243. The molecule has 8 nitrogen and oxygen atoms in total. The summed E-state index contributed by atoms with van der Waals surface area (Å²) in [5.74, 6) is 1.37. The maximum absolute atomic E-state index is 12.8. The predicted molar refractivity (Wildman–Crippen MR) is 157 cm³/mol. The normalized spacial score (nSPS) is 13.3. The third-order valence-electron chi connectivity index (χ3n) is 6.76. The Labute approximate surface area is 237 Å². The molecule has 5 rings (SSSR count). The van der Waals surface area contributed by atoms with Crippen molar-refractivity contribution in [3.8, 4) is 5.75 Å². The van der Waals surface area contributed by atoms with Crippen molar-refractivity contribution in [3.05, 3.63) is 82.2 Å². The molecule has 1 aromatic carbocycles. The number of fused-ring (bicyclic) bond motifs is 3. The van der Waals surface area contributed by atoms with E-state index >= 15 is 0 Å². The van der Waals surface area contributed by atoms with E-state index in [9.17, 15) is 4.79 Å². The molecule has 10 heteroatoms. The number of anilines is 2. The van der Waals surface area contributed by atoms with E-state index in [1.807, 2.05) is 47.4 Å². The van der Waals surface area contributed by atoms with Gasteiger partial charge in [-0.25, -0.2) is 9.97 Å². The maximum atomic E-state index is 12.8. The van der Waals surface area contributed by atoms with Crippen LogP contribution in [0.2, 0.25) is 5.02 Å². The van der Waals surface area contributed by atoms with Crippen molar-refractivity contribution in [2.45, 2.75) is 33.4 Å². The number of rotatable bonds is 10. The summed E-state index contributed by atoms with van der Waals surface area (Å²) in [6, 6.07) is 11.3. The van der Waals surface area contributed by atoms with E-state index in [0.29, 0.717) is 30.5 Å². The van der Waals surface area contributed by atoms with Crippen LogP contribution in [0.25, 0.3) is 10.2 Å². The van der Waals surface area contributed by atoms with Gasteiger partial charge in [-0.15, -0.1) is 11.3 Å². The zero-order chi connectivity index (χ0) is 27.2. The number of hydrogen-bond acceptors (Lipinski definition) is 8. The second-order valence-electron chi connectivity index (χ2n) is 9.18. The molecule has 0 bridgehead atoms. The van der Waals surface area contributed by atoms with Crippen LogP contribution in [0.3, 0.4) is 0 Å². The predicted octanol–water partition coefficient (Wildman–Crippen LogP) is 5.85. The number of aromatic nitrogens is 3.